The van der Waals surface area contributed by atoms with Gasteiger partial charge in [0.05, 0.1) is 48.3 Å². The summed E-state index contributed by atoms with van der Waals surface area (Å²) in [4.78, 5) is 32.8. The smallest absolute Gasteiger partial charge is 0.339 e. The quantitative estimate of drug-likeness (QED) is 0.0250. The van der Waals surface area contributed by atoms with E-state index in [2.05, 4.69) is 16.9 Å². The molecule has 9 atom stereocenters. The Morgan fingerprint density at radius 1 is 1.10 bits per heavy atom. The number of carbonyl (C=O) groups excluding carboxylic acids is 1. The number of aliphatic imine (C=N–C) groups is 1. The van der Waals surface area contributed by atoms with Crippen molar-refractivity contribution < 1.29 is 69.0 Å². The first kappa shape index (κ1) is 47.6. The predicted octanol–water partition coefficient (Wildman–Crippen LogP) is 1.41. The molecule has 3 aliphatic carbocycles. The van der Waals surface area contributed by atoms with Gasteiger partial charge in [-0.1, -0.05) is 31.1 Å². The van der Waals surface area contributed by atoms with Gasteiger partial charge in [0.1, 0.15) is 18.3 Å². The molecule has 3 aliphatic heterocycles. The number of rotatable bonds is 17. The van der Waals surface area contributed by atoms with Crippen LogP contribution in [0.3, 0.4) is 0 Å². The van der Waals surface area contributed by atoms with Crippen LogP contribution >= 0.6 is 0 Å². The van der Waals surface area contributed by atoms with Crippen molar-refractivity contribution in [3.05, 3.63) is 59.7 Å². The summed E-state index contributed by atoms with van der Waals surface area (Å²) in [5.41, 5.74) is 7.20. The van der Waals surface area contributed by atoms with Gasteiger partial charge in [-0.05, 0) is 88.0 Å². The summed E-state index contributed by atoms with van der Waals surface area (Å²) in [5, 5.41) is 75.0. The molecular weight excluding hydrogens is 808 g/mol. The number of esters is 1. The Bertz CT molecular complexity index is 1770. The Labute approximate surface area is 362 Å². The highest BCUT2D eigenvalue weighted by atomic mass is 16.8. The number of carbonyl (C=O) groups is 2. The largest absolute Gasteiger partial charge is 0.478 e. The van der Waals surface area contributed by atoms with Crippen molar-refractivity contribution in [2.75, 3.05) is 39.5 Å². The zero-order chi connectivity index (χ0) is 44.8. The molecular formula is C44H66N4O14. The number of β-amino-alcohol motifs (C(OH)–C–C–N with tert-alkyl or cyclic N) is 1. The molecule has 18 heteroatoms. The van der Waals surface area contributed by atoms with Gasteiger partial charge in [-0.2, -0.15) is 0 Å². The van der Waals surface area contributed by atoms with Gasteiger partial charge < -0.3 is 75.4 Å². The van der Waals surface area contributed by atoms with E-state index in [1.807, 2.05) is 0 Å². The van der Waals surface area contributed by atoms with E-state index in [0.29, 0.717) is 17.4 Å². The van der Waals surface area contributed by atoms with Crippen LogP contribution in [-0.4, -0.2) is 147 Å². The number of aliphatic hydroxyl groups is 6. The molecule has 0 aromatic rings. The number of ether oxygens (including phenoxy) is 5. The third-order valence-electron chi connectivity index (χ3n) is 13.3. The van der Waals surface area contributed by atoms with Crippen LogP contribution in [0.15, 0.2) is 64.7 Å². The number of hydrogen-bond donors (Lipinski definition) is 9. The van der Waals surface area contributed by atoms with E-state index < -0.39 is 73.2 Å². The number of nitrogens with one attached hydrogen (secondary N) is 1. The molecule has 0 bridgehead atoms. The molecule has 6 aliphatic rings. The molecule has 2 spiro atoms. The summed E-state index contributed by atoms with van der Waals surface area (Å²) in [7, 11) is 0. The van der Waals surface area contributed by atoms with Crippen molar-refractivity contribution >= 4 is 17.9 Å². The van der Waals surface area contributed by atoms with Crippen LogP contribution in [0.2, 0.25) is 0 Å². The molecule has 0 aromatic heterocycles. The molecule has 18 nitrogen and oxygen atoms in total. The molecule has 3 saturated carbocycles. The number of aliphatic hydroxyl groups excluding tert-OH is 4. The van der Waals surface area contributed by atoms with Crippen LogP contribution in [0.25, 0.3) is 0 Å². The molecule has 1 saturated heterocycles. The molecule has 0 radical (unpaired) electrons. The SMILES string of the molecule is C=C[C@H]1[C@H](O[C@@H]2O[C@H](CO)[C@@H](O)C(O)(O)[C@H]2OC(C)C)OC=C(C(=O)O[C@@H]2CC[C@]3(CCC4(CCCC4)C3)C2)[C@H]1/C=C/C1=C(NC(N)=NCCCO)C(C(=O)O)=CN(CCO)C1. The number of carboxylic acids is 1. The Hall–Kier alpha value is -3.85. The van der Waals surface area contributed by atoms with Gasteiger partial charge in [0, 0.05) is 38.4 Å². The second-order valence-electron chi connectivity index (χ2n) is 18.0. The third-order valence-corrected chi connectivity index (χ3v) is 13.3. The summed E-state index contributed by atoms with van der Waals surface area (Å²) in [5.74, 6) is -6.73. The molecule has 4 fully saturated rings. The fraction of sp³-hybridized carbons (Fsp3) is 0.705. The lowest BCUT2D eigenvalue weighted by Gasteiger charge is -2.48. The Kier molecular flexibility index (Phi) is 15.6. The minimum Gasteiger partial charge on any atom is -0.478 e. The van der Waals surface area contributed by atoms with E-state index in [4.69, 9.17) is 29.4 Å². The minimum absolute atomic E-state index is 0.0917. The van der Waals surface area contributed by atoms with Crippen LogP contribution in [-0.2, 0) is 33.3 Å². The summed E-state index contributed by atoms with van der Waals surface area (Å²) >= 11 is 0. The first-order valence-electron chi connectivity index (χ1n) is 21.9. The summed E-state index contributed by atoms with van der Waals surface area (Å²) < 4.78 is 30.2. The number of nitrogens with two attached hydrogens (primary N) is 1. The van der Waals surface area contributed by atoms with Crippen molar-refractivity contribution in [2.24, 2.45) is 33.4 Å². The molecule has 10 N–H and O–H groups in total. The van der Waals surface area contributed by atoms with Crippen LogP contribution < -0.4 is 11.1 Å². The number of hydrogen-bond acceptors (Lipinski definition) is 15. The van der Waals surface area contributed by atoms with Gasteiger partial charge in [-0.15, -0.1) is 6.58 Å². The number of allylic oxidation sites excluding steroid dienone is 1. The maximum atomic E-state index is 14.4. The molecule has 0 amide bonds. The first-order valence-corrected chi connectivity index (χ1v) is 21.9. The van der Waals surface area contributed by atoms with Gasteiger partial charge >= 0.3 is 11.9 Å². The van der Waals surface area contributed by atoms with Crippen LogP contribution in [0.5, 0.6) is 0 Å². The van der Waals surface area contributed by atoms with E-state index in [1.165, 1.54) is 50.6 Å². The Balaban J connectivity index is 1.34. The maximum Gasteiger partial charge on any atom is 0.339 e. The van der Waals surface area contributed by atoms with Crippen LogP contribution in [0, 0.1) is 22.7 Å². The minimum atomic E-state index is -2.92. The molecule has 0 aromatic carbocycles. The predicted molar refractivity (Wildman–Crippen MR) is 223 cm³/mol. The van der Waals surface area contributed by atoms with Gasteiger partial charge in [-0.25, -0.2) is 9.59 Å². The lowest BCUT2D eigenvalue weighted by Crippen LogP contribution is -2.69. The van der Waals surface area contributed by atoms with Crippen molar-refractivity contribution in [2.45, 2.75) is 133 Å². The van der Waals surface area contributed by atoms with Crippen molar-refractivity contribution in [1.29, 1.82) is 0 Å². The van der Waals surface area contributed by atoms with E-state index in [9.17, 15) is 45.3 Å². The van der Waals surface area contributed by atoms with Gasteiger partial charge in [0.25, 0.3) is 0 Å². The second kappa shape index (κ2) is 20.3. The highest BCUT2D eigenvalue weighted by molar-refractivity contribution is 5.95. The van der Waals surface area contributed by atoms with E-state index in [0.717, 1.165) is 32.1 Å². The van der Waals surface area contributed by atoms with Gasteiger partial charge in [0.2, 0.25) is 12.1 Å². The Morgan fingerprint density at radius 3 is 2.50 bits per heavy atom. The Morgan fingerprint density at radius 2 is 1.84 bits per heavy atom. The number of guanidine groups is 1. The zero-order valence-corrected chi connectivity index (χ0v) is 35.8. The second-order valence-corrected chi connectivity index (χ2v) is 18.0. The van der Waals surface area contributed by atoms with E-state index >= 15 is 0 Å². The highest BCUT2D eigenvalue weighted by Gasteiger charge is 2.58. The molecule has 0 unspecified atom stereocenters. The number of nitrogens with zero attached hydrogens (tertiary/aromatic N) is 2. The number of aliphatic carboxylic acids is 1. The number of carboxylic acid groups (broad SMARTS) is 1. The molecule has 62 heavy (non-hydrogen) atoms. The molecule has 346 valence electrons. The fourth-order valence-electron chi connectivity index (χ4n) is 10.3. The third kappa shape index (κ3) is 10.6. The van der Waals surface area contributed by atoms with Crippen molar-refractivity contribution in [3.63, 3.8) is 0 Å². The molecule has 6 rings (SSSR count). The standard InChI is InChI=1S/C44H66N4O14/c1-4-29-30(9-8-27-21-48(17-19-50)22-31(37(53)54)34(27)47-41(45)46-16-7-18-49)32(38(55)60-28-10-13-43(20-28)15-14-42(25-43)11-5-6-12-42)24-58-39(29)62-40-36(59-26(2)3)44(56,57)35(52)33(23-51)61-40/h4,8-9,22,24,26,28-30,33,35-36,39-40,49-52,56-57H,1,5-7,10-21,23,25H2,2-3H3,(H,53,54)(H3,45,46,47)/b9-8+/t28-,29-,30+,33-,35-,36+,39+,40+,43+/m1/s1. The summed E-state index contributed by atoms with van der Waals surface area (Å²) in [6.45, 7) is 6.53. The van der Waals surface area contributed by atoms with E-state index in [1.54, 1.807) is 30.9 Å². The highest BCUT2D eigenvalue weighted by Crippen LogP contribution is 2.63. The topological polar surface area (TPSA) is 276 Å². The monoisotopic (exact) mass is 874 g/mol. The van der Waals surface area contributed by atoms with Crippen LogP contribution in [0.4, 0.5) is 0 Å². The van der Waals surface area contributed by atoms with Crippen molar-refractivity contribution in [3.8, 4) is 0 Å². The first-order chi connectivity index (χ1) is 29.6. The maximum absolute atomic E-state index is 14.4. The zero-order valence-electron chi connectivity index (χ0n) is 35.8. The van der Waals surface area contributed by atoms with Crippen LogP contribution in [0.1, 0.15) is 84.5 Å². The van der Waals surface area contributed by atoms with Crippen molar-refractivity contribution in [1.82, 2.24) is 10.2 Å². The van der Waals surface area contributed by atoms with Gasteiger partial charge in [0.15, 0.2) is 18.4 Å². The lowest BCUT2D eigenvalue weighted by molar-refractivity contribution is -0.413. The normalized spacial score (nSPS) is 33.3. The lowest BCUT2D eigenvalue weighted by atomic mass is 9.77. The summed E-state index contributed by atoms with van der Waals surface area (Å²) in [6.07, 6.45) is 9.81. The molecule has 3 heterocycles. The fourth-order valence-corrected chi connectivity index (χ4v) is 10.3. The average Bonchev–Trinajstić information content (AvgIpc) is 3.96. The average molecular weight is 875 g/mol. The summed E-state index contributed by atoms with van der Waals surface area (Å²) in [6, 6.07) is 0. The van der Waals surface area contributed by atoms with E-state index in [-0.39, 0.29) is 67.2 Å². The van der Waals surface area contributed by atoms with Gasteiger partial charge in [-0.3, -0.25) is 4.99 Å².